The summed E-state index contributed by atoms with van der Waals surface area (Å²) in [7, 11) is 0. The molecule has 29 heavy (non-hydrogen) atoms. The third-order valence-corrected chi connectivity index (χ3v) is 5.87. The molecule has 7 heteroatoms. The second-order valence-electron chi connectivity index (χ2n) is 7.64. The number of nitrogens with two attached hydrogens (primary N) is 1. The van der Waals surface area contributed by atoms with E-state index in [1.807, 2.05) is 34.9 Å². The molecule has 4 rings (SSSR count). The van der Waals surface area contributed by atoms with E-state index in [9.17, 15) is 9.59 Å². The third kappa shape index (κ3) is 3.82. The maximum absolute atomic E-state index is 13.0. The Bertz CT molecular complexity index is 889. The van der Waals surface area contributed by atoms with Crippen molar-refractivity contribution in [3.05, 3.63) is 59.8 Å². The first-order valence-corrected chi connectivity index (χ1v) is 10.0. The van der Waals surface area contributed by atoms with Crippen molar-refractivity contribution in [2.24, 2.45) is 11.8 Å². The molecule has 0 unspecified atom stereocenters. The molecule has 3 atom stereocenters. The standard InChI is InChI=1S/C22H26N4O3/c1-2-29-14-20(27)26-12-17-11-25(22(28)16-8-9-24-19(23)10-16)13-18(17)21(26)15-6-4-3-5-7-15/h3-10,17-18,21H,2,11-14H2,1H3,(H2,23,24)/t17-,18-,21+/m0/s1. The Morgan fingerprint density at radius 1 is 1.17 bits per heavy atom. The second-order valence-corrected chi connectivity index (χ2v) is 7.64. The van der Waals surface area contributed by atoms with Crippen molar-refractivity contribution < 1.29 is 14.3 Å². The van der Waals surface area contributed by atoms with E-state index in [1.165, 1.54) is 0 Å². The predicted octanol–water partition coefficient (Wildman–Crippen LogP) is 1.97. The molecule has 7 nitrogen and oxygen atoms in total. The van der Waals surface area contributed by atoms with Crippen LogP contribution in [-0.4, -0.2) is 59.4 Å². The number of anilines is 1. The molecule has 0 radical (unpaired) electrons. The minimum atomic E-state index is -0.0468. The van der Waals surface area contributed by atoms with Crippen LogP contribution in [0.1, 0.15) is 28.9 Å². The summed E-state index contributed by atoms with van der Waals surface area (Å²) in [5.74, 6) is 0.757. The fourth-order valence-corrected chi connectivity index (χ4v) is 4.58. The minimum absolute atomic E-state index is 0.00915. The molecule has 2 aliphatic rings. The van der Waals surface area contributed by atoms with E-state index >= 15 is 0 Å². The Morgan fingerprint density at radius 2 is 1.97 bits per heavy atom. The molecule has 0 spiro atoms. The van der Waals surface area contributed by atoms with Gasteiger partial charge in [-0.05, 0) is 24.6 Å². The number of benzene rings is 1. The summed E-state index contributed by atoms with van der Waals surface area (Å²) in [6, 6.07) is 13.3. The van der Waals surface area contributed by atoms with Gasteiger partial charge in [-0.2, -0.15) is 0 Å². The van der Waals surface area contributed by atoms with E-state index in [-0.39, 0.29) is 36.3 Å². The lowest BCUT2D eigenvalue weighted by Crippen LogP contribution is -2.39. The lowest BCUT2D eigenvalue weighted by atomic mass is 9.89. The van der Waals surface area contributed by atoms with Gasteiger partial charge in [-0.1, -0.05) is 30.3 Å². The molecular weight excluding hydrogens is 368 g/mol. The van der Waals surface area contributed by atoms with Gasteiger partial charge < -0.3 is 20.3 Å². The summed E-state index contributed by atoms with van der Waals surface area (Å²) in [6.45, 7) is 4.38. The lowest BCUT2D eigenvalue weighted by Gasteiger charge is -2.30. The first-order valence-electron chi connectivity index (χ1n) is 10.0. The average molecular weight is 394 g/mol. The smallest absolute Gasteiger partial charge is 0.254 e. The first-order chi connectivity index (χ1) is 14.1. The number of carbonyl (C=O) groups is 2. The fourth-order valence-electron chi connectivity index (χ4n) is 4.58. The SMILES string of the molecule is CCOCC(=O)N1C[C@@H]2CN(C(=O)c3ccnc(N)c3)C[C@@H]2[C@H]1c1ccccc1. The van der Waals surface area contributed by atoms with Crippen LogP contribution in [-0.2, 0) is 9.53 Å². The number of carbonyl (C=O) groups excluding carboxylic acids is 2. The summed E-state index contributed by atoms with van der Waals surface area (Å²) in [6.07, 6.45) is 1.56. The topological polar surface area (TPSA) is 88.8 Å². The highest BCUT2D eigenvalue weighted by atomic mass is 16.5. The summed E-state index contributed by atoms with van der Waals surface area (Å²) < 4.78 is 5.37. The van der Waals surface area contributed by atoms with Crippen molar-refractivity contribution in [1.82, 2.24) is 14.8 Å². The number of hydrogen-bond acceptors (Lipinski definition) is 5. The van der Waals surface area contributed by atoms with Crippen molar-refractivity contribution in [3.8, 4) is 0 Å². The highest BCUT2D eigenvalue weighted by molar-refractivity contribution is 5.95. The number of nitrogen functional groups attached to an aromatic ring is 1. The summed E-state index contributed by atoms with van der Waals surface area (Å²) in [4.78, 5) is 33.5. The summed E-state index contributed by atoms with van der Waals surface area (Å²) in [5, 5.41) is 0. The highest BCUT2D eigenvalue weighted by Crippen LogP contribution is 2.45. The van der Waals surface area contributed by atoms with Crippen molar-refractivity contribution in [2.45, 2.75) is 13.0 Å². The summed E-state index contributed by atoms with van der Waals surface area (Å²) in [5.41, 5.74) is 7.40. The second kappa shape index (κ2) is 8.21. The van der Waals surface area contributed by atoms with Gasteiger partial charge in [0.25, 0.3) is 5.91 Å². The molecule has 0 saturated carbocycles. The van der Waals surface area contributed by atoms with Crippen LogP contribution in [0.3, 0.4) is 0 Å². The maximum atomic E-state index is 13.0. The summed E-state index contributed by atoms with van der Waals surface area (Å²) >= 11 is 0. The van der Waals surface area contributed by atoms with E-state index in [0.29, 0.717) is 37.6 Å². The van der Waals surface area contributed by atoms with Gasteiger partial charge in [0.2, 0.25) is 5.91 Å². The number of rotatable bonds is 5. The van der Waals surface area contributed by atoms with Crippen molar-refractivity contribution in [2.75, 3.05) is 38.6 Å². The maximum Gasteiger partial charge on any atom is 0.254 e. The van der Waals surface area contributed by atoms with E-state index in [1.54, 1.807) is 18.3 Å². The molecule has 3 heterocycles. The van der Waals surface area contributed by atoms with Gasteiger partial charge in [0, 0.05) is 49.8 Å². The predicted molar refractivity (Wildman–Crippen MR) is 109 cm³/mol. The lowest BCUT2D eigenvalue weighted by molar-refractivity contribution is -0.137. The molecule has 2 N–H and O–H groups in total. The molecular formula is C22H26N4O3. The third-order valence-electron chi connectivity index (χ3n) is 5.87. The monoisotopic (exact) mass is 394 g/mol. The Labute approximate surface area is 170 Å². The fraction of sp³-hybridized carbons (Fsp3) is 0.409. The number of likely N-dealkylation sites (tertiary alicyclic amines) is 2. The van der Waals surface area contributed by atoms with Crippen LogP contribution in [0.15, 0.2) is 48.7 Å². The van der Waals surface area contributed by atoms with Gasteiger partial charge >= 0.3 is 0 Å². The quantitative estimate of drug-likeness (QED) is 0.838. The molecule has 1 aromatic heterocycles. The Hall–Kier alpha value is -2.93. The molecule has 2 saturated heterocycles. The Kier molecular flexibility index (Phi) is 5.49. The molecule has 2 aromatic rings. The van der Waals surface area contributed by atoms with E-state index in [4.69, 9.17) is 10.5 Å². The molecule has 0 aliphatic carbocycles. The van der Waals surface area contributed by atoms with Crippen LogP contribution in [0.25, 0.3) is 0 Å². The minimum Gasteiger partial charge on any atom is -0.384 e. The molecule has 2 aliphatic heterocycles. The van der Waals surface area contributed by atoms with Crippen molar-refractivity contribution in [3.63, 3.8) is 0 Å². The van der Waals surface area contributed by atoms with Crippen LogP contribution in [0, 0.1) is 11.8 Å². The number of pyridine rings is 1. The zero-order chi connectivity index (χ0) is 20.4. The van der Waals surface area contributed by atoms with Gasteiger partial charge in [0.05, 0.1) is 6.04 Å². The van der Waals surface area contributed by atoms with Crippen LogP contribution in [0.2, 0.25) is 0 Å². The van der Waals surface area contributed by atoms with Gasteiger partial charge in [0.1, 0.15) is 12.4 Å². The van der Waals surface area contributed by atoms with Gasteiger partial charge in [-0.15, -0.1) is 0 Å². The first kappa shape index (κ1) is 19.4. The molecule has 0 bridgehead atoms. The van der Waals surface area contributed by atoms with Crippen LogP contribution in [0.5, 0.6) is 0 Å². The van der Waals surface area contributed by atoms with Gasteiger partial charge in [-0.3, -0.25) is 9.59 Å². The average Bonchev–Trinajstić information content (AvgIpc) is 3.30. The zero-order valence-corrected chi connectivity index (χ0v) is 16.5. The van der Waals surface area contributed by atoms with E-state index in [2.05, 4.69) is 17.1 Å². The van der Waals surface area contributed by atoms with E-state index in [0.717, 1.165) is 5.56 Å². The van der Waals surface area contributed by atoms with Gasteiger partial charge in [0.15, 0.2) is 0 Å². The number of hydrogen-bond donors (Lipinski definition) is 1. The van der Waals surface area contributed by atoms with Crippen molar-refractivity contribution in [1.29, 1.82) is 0 Å². The molecule has 2 amide bonds. The molecule has 152 valence electrons. The molecule has 1 aromatic carbocycles. The number of nitrogens with zero attached hydrogens (tertiary/aromatic N) is 3. The van der Waals surface area contributed by atoms with Crippen molar-refractivity contribution >= 4 is 17.6 Å². The number of aromatic nitrogens is 1. The van der Waals surface area contributed by atoms with Gasteiger partial charge in [-0.25, -0.2) is 4.98 Å². The van der Waals surface area contributed by atoms with Crippen LogP contribution >= 0.6 is 0 Å². The largest absolute Gasteiger partial charge is 0.384 e. The normalized spacial score (nSPS) is 23.3. The Balaban J connectivity index is 1.56. The van der Waals surface area contributed by atoms with Crippen LogP contribution < -0.4 is 5.73 Å². The number of ether oxygens (including phenoxy) is 1. The zero-order valence-electron chi connectivity index (χ0n) is 16.5. The Morgan fingerprint density at radius 3 is 2.69 bits per heavy atom. The highest BCUT2D eigenvalue weighted by Gasteiger charge is 2.50. The molecule has 2 fully saturated rings. The number of amides is 2. The van der Waals surface area contributed by atoms with Crippen LogP contribution in [0.4, 0.5) is 5.82 Å². The van der Waals surface area contributed by atoms with E-state index < -0.39 is 0 Å². The number of fused-ring (bicyclic) bond motifs is 1.